The first-order valence-electron chi connectivity index (χ1n) is 18.5. The van der Waals surface area contributed by atoms with E-state index in [9.17, 15) is 58.8 Å². The first-order valence-corrected chi connectivity index (χ1v) is 20.9. The van der Waals surface area contributed by atoms with Gasteiger partial charge in [-0.25, -0.2) is 16.6 Å². The largest absolute Gasteiger partial charge is 0.508 e. The van der Waals surface area contributed by atoms with Crippen molar-refractivity contribution in [3.63, 3.8) is 0 Å². The number of carbonyl (C=O) groups is 8. The fourth-order valence-electron chi connectivity index (χ4n) is 5.71. The second kappa shape index (κ2) is 24.4. The molecule has 0 spiro atoms. The van der Waals surface area contributed by atoms with E-state index in [4.69, 9.17) is 5.73 Å². The van der Waals surface area contributed by atoms with E-state index in [0.717, 1.165) is 6.92 Å². The van der Waals surface area contributed by atoms with E-state index in [2.05, 4.69) is 32.1 Å². The van der Waals surface area contributed by atoms with E-state index in [1.807, 2.05) is 6.26 Å². The molecule has 1 aliphatic rings. The van der Waals surface area contributed by atoms with Crippen LogP contribution in [-0.2, 0) is 51.2 Å². The van der Waals surface area contributed by atoms with Crippen molar-refractivity contribution in [2.45, 2.75) is 81.0 Å². The lowest BCUT2D eigenvalue weighted by atomic mass is 9.99. The third-order valence-corrected chi connectivity index (χ3v) is 10.8. The highest BCUT2D eigenvalue weighted by Gasteiger charge is 2.37. The van der Waals surface area contributed by atoms with Crippen LogP contribution in [0.5, 0.6) is 5.75 Å². The molecule has 0 unspecified atom stereocenters. The summed E-state index contributed by atoms with van der Waals surface area (Å²) in [7, 11) is 0. The van der Waals surface area contributed by atoms with Gasteiger partial charge in [-0.15, -0.1) is 0 Å². The van der Waals surface area contributed by atoms with Gasteiger partial charge < -0.3 is 36.4 Å². The molecule has 321 valence electrons. The number of nitrogens with one attached hydrogen (secondary N) is 7. The van der Waals surface area contributed by atoms with Crippen LogP contribution in [-0.4, -0.2) is 146 Å². The molecule has 1 heterocycles. The number of rotatable bonds is 19. The zero-order valence-electron chi connectivity index (χ0n) is 32.3. The molecule has 59 heavy (non-hydrogen) atoms. The van der Waals surface area contributed by atoms with E-state index in [-0.39, 0.29) is 25.1 Å². The van der Waals surface area contributed by atoms with Gasteiger partial charge in [0.15, 0.2) is 5.78 Å². The van der Waals surface area contributed by atoms with Crippen LogP contribution in [0.1, 0.15) is 30.9 Å². The molecule has 8 atom stereocenters. The minimum absolute atomic E-state index is 0.0188. The normalized spacial score (nSPS) is 21.5. The summed E-state index contributed by atoms with van der Waals surface area (Å²) in [5, 5.41) is 49.1. The van der Waals surface area contributed by atoms with Crippen molar-refractivity contribution in [1.82, 2.24) is 37.9 Å². The predicted molar refractivity (Wildman–Crippen MR) is 217 cm³/mol. The summed E-state index contributed by atoms with van der Waals surface area (Å²) in [6.45, 7) is -0.254. The second-order valence-electron chi connectivity index (χ2n) is 13.7. The van der Waals surface area contributed by atoms with Crippen molar-refractivity contribution in [3.05, 3.63) is 65.7 Å². The van der Waals surface area contributed by atoms with Gasteiger partial charge in [0.25, 0.3) is 0 Å². The number of carbonyl (C=O) groups excluding carboxylic acids is 7. The molecule has 11 N–H and O–H groups in total. The van der Waals surface area contributed by atoms with Gasteiger partial charge in [0.2, 0.25) is 34.4 Å². The van der Waals surface area contributed by atoms with E-state index in [1.54, 1.807) is 30.3 Å². The van der Waals surface area contributed by atoms with Crippen molar-refractivity contribution in [1.29, 1.82) is 0 Å². The average molecular weight is 861 g/mol. The number of aliphatic carboxylic acids is 1. The Labute approximate surface area is 348 Å². The standard InChI is InChI=1S/C38H50N7O12S2/c1-20(47)32(34(53)33(52)28(18-46)43-35(54)24(39)14-22-8-10-23(48)11-9-22)45-44-29-19-59-38(57)25(12-13-58-2)40-17-30(49)26(15-21-6-4-3-5-7-21)41-36(55)27(16-31(50)51)42-37(29)56/h3-11,20,24-29,32,39-40,44-48H,12-19H2,1-2H3,(H,41,55)(H,42,56)(H,43,54)(H,50,51)/t20-,24+,25+,26+,27+,28+,29+,32+/m1/s1. The summed E-state index contributed by atoms with van der Waals surface area (Å²) in [5.74, 6) is -7.60. The Morgan fingerprint density at radius 2 is 1.59 bits per heavy atom. The molecule has 2 aromatic rings. The zero-order valence-corrected chi connectivity index (χ0v) is 34.0. The summed E-state index contributed by atoms with van der Waals surface area (Å²) in [4.78, 5) is 106. The quantitative estimate of drug-likeness (QED) is 0.0523. The number of hydrogen-bond acceptors (Lipinski definition) is 16. The number of benzene rings is 2. The molecule has 1 saturated heterocycles. The van der Waals surface area contributed by atoms with Crippen molar-refractivity contribution in [3.8, 4) is 5.75 Å². The van der Waals surface area contributed by atoms with Gasteiger partial charge in [-0.2, -0.15) is 11.8 Å². The first-order chi connectivity index (χ1) is 28.0. The monoisotopic (exact) mass is 860 g/mol. The molecule has 0 saturated carbocycles. The van der Waals surface area contributed by atoms with Crippen molar-refractivity contribution < 1.29 is 58.8 Å². The minimum Gasteiger partial charge on any atom is -0.508 e. The molecular formula is C38H50N7O12S2. The second-order valence-corrected chi connectivity index (χ2v) is 15.7. The lowest BCUT2D eigenvalue weighted by molar-refractivity contribution is -0.142. The van der Waals surface area contributed by atoms with E-state index in [0.29, 0.717) is 35.1 Å². The Kier molecular flexibility index (Phi) is 20.1. The maximum absolute atomic E-state index is 13.8. The maximum Gasteiger partial charge on any atom is 0.305 e. The highest BCUT2D eigenvalue weighted by atomic mass is 32.2. The van der Waals surface area contributed by atoms with Crippen LogP contribution in [0.4, 0.5) is 0 Å². The van der Waals surface area contributed by atoms with Crippen LogP contribution in [0.15, 0.2) is 54.6 Å². The number of aromatic hydroxyl groups is 1. The number of amides is 3. The van der Waals surface area contributed by atoms with E-state index in [1.165, 1.54) is 36.0 Å². The lowest BCUT2D eigenvalue weighted by Crippen LogP contribution is -2.63. The number of phenols is 1. The molecule has 0 aromatic heterocycles. The molecule has 1 radical (unpaired) electrons. The molecule has 3 rings (SSSR count). The number of phenolic OH excluding ortho intramolecular Hbond substituents is 1. The van der Waals surface area contributed by atoms with Gasteiger partial charge in [0.05, 0.1) is 37.8 Å². The van der Waals surface area contributed by atoms with Crippen molar-refractivity contribution >= 4 is 69.7 Å². The third-order valence-electron chi connectivity index (χ3n) is 9.06. The number of Topliss-reactive ketones (excluding diaryl/α,β-unsaturated/α-hetero) is 3. The Hall–Kier alpha value is -4.74. The van der Waals surface area contributed by atoms with Crippen LogP contribution in [0, 0.1) is 0 Å². The Morgan fingerprint density at radius 1 is 0.932 bits per heavy atom. The van der Waals surface area contributed by atoms with Gasteiger partial charge in [-0.3, -0.25) is 43.7 Å². The topological polar surface area (TPSA) is 313 Å². The van der Waals surface area contributed by atoms with Crippen LogP contribution in [0.3, 0.4) is 0 Å². The van der Waals surface area contributed by atoms with Crippen LogP contribution < -0.4 is 37.9 Å². The number of aliphatic hydroxyl groups excluding tert-OH is 2. The SMILES string of the molecule is CSCC[C@@H]1NCC(=O)[C@H](Cc2ccccc2)NC(=O)[C@H](CC(=O)O)NC(=O)[C@@H](NN[C@H](C(=O)C(=O)[C@H](CO)NC(=O)[C@@H]([NH])Cc2ccc(O)cc2)[C@@H](C)O)CSC1=O. The summed E-state index contributed by atoms with van der Waals surface area (Å²) in [6.07, 6.45) is -0.545. The molecule has 0 bridgehead atoms. The van der Waals surface area contributed by atoms with Crippen LogP contribution >= 0.6 is 23.5 Å². The van der Waals surface area contributed by atoms with Crippen LogP contribution in [0.25, 0.3) is 0 Å². The zero-order chi connectivity index (χ0) is 43.6. The summed E-state index contributed by atoms with van der Waals surface area (Å²) >= 11 is 2.11. The summed E-state index contributed by atoms with van der Waals surface area (Å²) < 4.78 is 0. The fourth-order valence-corrected chi connectivity index (χ4v) is 7.15. The minimum atomic E-state index is -1.82. The lowest BCUT2D eigenvalue weighted by Gasteiger charge is -2.28. The molecule has 19 nitrogen and oxygen atoms in total. The number of aliphatic hydroxyl groups is 2. The van der Waals surface area contributed by atoms with Gasteiger partial charge >= 0.3 is 5.97 Å². The molecule has 1 aliphatic heterocycles. The maximum atomic E-state index is 13.8. The highest BCUT2D eigenvalue weighted by Crippen LogP contribution is 2.15. The van der Waals surface area contributed by atoms with E-state index < -0.39 is 113 Å². The smallest absolute Gasteiger partial charge is 0.305 e. The van der Waals surface area contributed by atoms with Gasteiger partial charge in [-0.1, -0.05) is 54.2 Å². The number of ketones is 3. The van der Waals surface area contributed by atoms with Gasteiger partial charge in [0.1, 0.15) is 36.0 Å². The van der Waals surface area contributed by atoms with Gasteiger partial charge in [0, 0.05) is 5.75 Å². The predicted octanol–water partition coefficient (Wildman–Crippen LogP) is -2.35. The number of carboxylic acids is 1. The molecule has 1 fully saturated rings. The molecule has 3 amide bonds. The Balaban J connectivity index is 1.84. The number of carboxylic acid groups (broad SMARTS) is 1. The first kappa shape index (κ1) is 48.6. The number of hydrazine groups is 1. The fraction of sp³-hybridized carbons (Fsp3) is 0.474. The van der Waals surface area contributed by atoms with Gasteiger partial charge in [-0.05, 0) is 61.5 Å². The highest BCUT2D eigenvalue weighted by molar-refractivity contribution is 8.13. The molecule has 21 heteroatoms. The molecular weight excluding hydrogens is 811 g/mol. The summed E-state index contributed by atoms with van der Waals surface area (Å²) in [5.41, 5.74) is 14.3. The Bertz CT molecular complexity index is 1790. The Morgan fingerprint density at radius 3 is 2.20 bits per heavy atom. The molecule has 2 aromatic carbocycles. The third kappa shape index (κ3) is 15.8. The van der Waals surface area contributed by atoms with Crippen LogP contribution in [0.2, 0.25) is 0 Å². The number of hydrogen-bond donors (Lipinski definition) is 10. The molecule has 0 aliphatic carbocycles. The summed E-state index contributed by atoms with van der Waals surface area (Å²) in [6, 6.07) is 3.95. The van der Waals surface area contributed by atoms with Crippen molar-refractivity contribution in [2.24, 2.45) is 0 Å². The number of thioether (sulfide) groups is 2. The van der Waals surface area contributed by atoms with E-state index >= 15 is 0 Å². The van der Waals surface area contributed by atoms with Crippen molar-refractivity contribution in [2.75, 3.05) is 30.9 Å². The average Bonchev–Trinajstić information content (AvgIpc) is 3.20.